The van der Waals surface area contributed by atoms with Crippen LogP contribution in [0.3, 0.4) is 0 Å². The molecule has 1 unspecified atom stereocenters. The van der Waals surface area contributed by atoms with Gasteiger partial charge in [-0.1, -0.05) is 30.9 Å². The predicted octanol–water partition coefficient (Wildman–Crippen LogP) is 2.04. The minimum Gasteiger partial charge on any atom is -0.337 e. The zero-order valence-electron chi connectivity index (χ0n) is 11.1. The van der Waals surface area contributed by atoms with Crippen LogP contribution in [0.25, 0.3) is 0 Å². The molecule has 5 nitrogen and oxygen atoms in total. The van der Waals surface area contributed by atoms with Crippen molar-refractivity contribution in [3.05, 3.63) is 0 Å². The van der Waals surface area contributed by atoms with Crippen LogP contribution in [0.5, 0.6) is 0 Å². The summed E-state index contributed by atoms with van der Waals surface area (Å²) in [5.74, 6) is -0.105. The Balaban J connectivity index is 4.17. The van der Waals surface area contributed by atoms with Crippen LogP contribution in [0.4, 0.5) is 0 Å². The second kappa shape index (κ2) is 10.2. The smallest absolute Gasteiger partial charge is 0.337 e. The molecule has 8 heteroatoms. The molecule has 0 radical (unpaired) electrons. The van der Waals surface area contributed by atoms with Crippen LogP contribution in [-0.4, -0.2) is 44.8 Å². The normalized spacial score (nSPS) is 11.5. The maximum Gasteiger partial charge on any atom is 0.345 e. The summed E-state index contributed by atoms with van der Waals surface area (Å²) in [6, 6.07) is 0. The van der Waals surface area contributed by atoms with E-state index >= 15 is 0 Å². The van der Waals surface area contributed by atoms with E-state index in [1.807, 2.05) is 6.92 Å². The summed E-state index contributed by atoms with van der Waals surface area (Å²) >= 11 is 7.78. The number of amides is 1. The molecule has 0 aliphatic carbocycles. The predicted molar refractivity (Wildman–Crippen MR) is 81.9 cm³/mol. The fourth-order valence-corrected chi connectivity index (χ4v) is 3.45. The first kappa shape index (κ1) is 18.4. The quantitative estimate of drug-likeness (QED) is 0.421. The van der Waals surface area contributed by atoms with E-state index < -0.39 is 17.1 Å². The first-order valence-electron chi connectivity index (χ1n) is 5.67. The Bertz CT molecular complexity index is 349. The third-order valence-corrected chi connectivity index (χ3v) is 4.47. The van der Waals surface area contributed by atoms with Gasteiger partial charge in [0.1, 0.15) is 15.1 Å². The zero-order valence-corrected chi connectivity index (χ0v) is 13.5. The maximum absolute atomic E-state index is 11.7. The minimum atomic E-state index is -0.536. The molecule has 108 valence electrons. The van der Waals surface area contributed by atoms with E-state index in [9.17, 15) is 14.4 Å². The molecule has 0 saturated carbocycles. The van der Waals surface area contributed by atoms with E-state index in [1.165, 1.54) is 30.6 Å². The van der Waals surface area contributed by atoms with E-state index in [4.69, 9.17) is 17.1 Å². The van der Waals surface area contributed by atoms with Gasteiger partial charge in [0.15, 0.2) is 0 Å². The summed E-state index contributed by atoms with van der Waals surface area (Å²) in [6.07, 6.45) is 0.785. The number of thiocarbonyl (C=S) groups is 1. The molecule has 0 aliphatic rings. The number of rotatable bonds is 6. The Morgan fingerprint density at radius 3 is 2.63 bits per heavy atom. The lowest BCUT2D eigenvalue weighted by Crippen LogP contribution is -2.33. The lowest BCUT2D eigenvalue weighted by Gasteiger charge is -2.18. The number of aldehydes is 1. The van der Waals surface area contributed by atoms with Crippen LogP contribution in [0.1, 0.15) is 26.7 Å². The standard InChI is InChI=1S/C11H17NO4S3/c1-4-18-11(17)19-8(2)10(15)16-12(3)9(14)6-5-7-13/h7-8H,4-6H2,1-3H3. The summed E-state index contributed by atoms with van der Waals surface area (Å²) in [6.45, 7) is 3.64. The molecule has 0 aromatic heterocycles. The lowest BCUT2D eigenvalue weighted by atomic mass is 10.3. The summed E-state index contributed by atoms with van der Waals surface area (Å²) in [5, 5.41) is 0.381. The zero-order chi connectivity index (χ0) is 14.8. The van der Waals surface area contributed by atoms with Crippen LogP contribution in [0.15, 0.2) is 0 Å². The van der Waals surface area contributed by atoms with Gasteiger partial charge in [0, 0.05) is 19.9 Å². The van der Waals surface area contributed by atoms with E-state index in [0.717, 1.165) is 10.8 Å². The van der Waals surface area contributed by atoms with Crippen LogP contribution in [0.2, 0.25) is 0 Å². The van der Waals surface area contributed by atoms with Crippen molar-refractivity contribution in [1.29, 1.82) is 0 Å². The third kappa shape index (κ3) is 8.22. The highest BCUT2D eigenvalue weighted by Gasteiger charge is 2.21. The molecule has 0 fully saturated rings. The summed E-state index contributed by atoms with van der Waals surface area (Å²) in [5.41, 5.74) is 0. The number of carbonyl (C=O) groups excluding carboxylic acids is 3. The number of hydrogen-bond acceptors (Lipinski definition) is 7. The van der Waals surface area contributed by atoms with E-state index in [1.54, 1.807) is 6.92 Å². The summed E-state index contributed by atoms with van der Waals surface area (Å²) in [7, 11) is 1.35. The van der Waals surface area contributed by atoms with E-state index in [-0.39, 0.29) is 12.8 Å². The molecule has 0 aliphatic heterocycles. The van der Waals surface area contributed by atoms with Crippen molar-refractivity contribution in [3.8, 4) is 0 Å². The van der Waals surface area contributed by atoms with E-state index in [2.05, 4.69) is 0 Å². The van der Waals surface area contributed by atoms with Crippen molar-refractivity contribution in [3.63, 3.8) is 0 Å². The van der Waals surface area contributed by atoms with Crippen LogP contribution in [0, 0.1) is 0 Å². The second-order valence-corrected chi connectivity index (χ2v) is 7.26. The average molecular weight is 323 g/mol. The molecule has 0 bridgehead atoms. The second-order valence-electron chi connectivity index (χ2n) is 3.45. The Morgan fingerprint density at radius 2 is 2.11 bits per heavy atom. The van der Waals surface area contributed by atoms with Crippen molar-refractivity contribution in [2.45, 2.75) is 31.9 Å². The number of nitrogens with zero attached hydrogens (tertiary/aromatic N) is 1. The first-order chi connectivity index (χ1) is 8.92. The highest BCUT2D eigenvalue weighted by molar-refractivity contribution is 8.47. The number of hydroxylamine groups is 2. The van der Waals surface area contributed by atoms with Gasteiger partial charge in [0.25, 0.3) is 5.91 Å². The highest BCUT2D eigenvalue weighted by atomic mass is 32.2. The van der Waals surface area contributed by atoms with Gasteiger partial charge in [-0.15, -0.1) is 11.8 Å². The molecule has 19 heavy (non-hydrogen) atoms. The number of carbonyl (C=O) groups is 3. The average Bonchev–Trinajstić information content (AvgIpc) is 2.35. The highest BCUT2D eigenvalue weighted by Crippen LogP contribution is 2.22. The Morgan fingerprint density at radius 1 is 1.47 bits per heavy atom. The fourth-order valence-electron chi connectivity index (χ4n) is 0.944. The van der Waals surface area contributed by atoms with Gasteiger partial charge in [-0.25, -0.2) is 4.79 Å². The van der Waals surface area contributed by atoms with Crippen LogP contribution in [-0.2, 0) is 19.2 Å². The first-order valence-corrected chi connectivity index (χ1v) is 7.95. The minimum absolute atomic E-state index is 0.0267. The third-order valence-electron chi connectivity index (χ3n) is 1.92. The maximum atomic E-state index is 11.7. The molecular weight excluding hydrogens is 306 g/mol. The molecular formula is C11H17NO4S3. The SMILES string of the molecule is CCSC(=S)SC(C)C(=O)ON(C)C(=O)CCC=O. The van der Waals surface area contributed by atoms with Gasteiger partial charge >= 0.3 is 5.97 Å². The molecule has 0 saturated heterocycles. The summed E-state index contributed by atoms with van der Waals surface area (Å²) < 4.78 is 0.668. The van der Waals surface area contributed by atoms with Crippen molar-refractivity contribution in [2.24, 2.45) is 0 Å². The molecule has 0 aromatic carbocycles. The van der Waals surface area contributed by atoms with E-state index in [0.29, 0.717) is 9.81 Å². The van der Waals surface area contributed by atoms with Gasteiger partial charge in [-0.05, 0) is 12.7 Å². The van der Waals surface area contributed by atoms with Gasteiger partial charge in [0.2, 0.25) is 0 Å². The van der Waals surface area contributed by atoms with Crippen molar-refractivity contribution >= 4 is 57.4 Å². The van der Waals surface area contributed by atoms with Gasteiger partial charge in [-0.2, -0.15) is 5.06 Å². The molecule has 0 rings (SSSR count). The topological polar surface area (TPSA) is 63.7 Å². The Labute approximate surface area is 126 Å². The molecule has 0 heterocycles. The largest absolute Gasteiger partial charge is 0.345 e. The van der Waals surface area contributed by atoms with Crippen molar-refractivity contribution < 1.29 is 19.2 Å². The Hall–Kier alpha value is -0.600. The monoisotopic (exact) mass is 323 g/mol. The van der Waals surface area contributed by atoms with Crippen molar-refractivity contribution in [1.82, 2.24) is 5.06 Å². The van der Waals surface area contributed by atoms with Gasteiger partial charge in [0.05, 0.1) is 0 Å². The van der Waals surface area contributed by atoms with Crippen LogP contribution < -0.4 is 0 Å². The molecule has 1 amide bonds. The molecule has 0 N–H and O–H groups in total. The number of hydrogen-bond donors (Lipinski definition) is 0. The molecule has 0 aromatic rings. The van der Waals surface area contributed by atoms with Gasteiger partial charge in [-0.3, -0.25) is 4.79 Å². The van der Waals surface area contributed by atoms with Crippen LogP contribution >= 0.6 is 35.7 Å². The molecule has 1 atom stereocenters. The molecule has 0 spiro atoms. The lowest BCUT2D eigenvalue weighted by molar-refractivity contribution is -0.191. The van der Waals surface area contributed by atoms with Crippen molar-refractivity contribution in [2.75, 3.05) is 12.8 Å². The summed E-state index contributed by atoms with van der Waals surface area (Å²) in [4.78, 5) is 38.2. The van der Waals surface area contributed by atoms with Gasteiger partial charge < -0.3 is 9.63 Å². The number of thioether (sulfide) groups is 2. The Kier molecular flexibility index (Phi) is 9.90. The fraction of sp³-hybridized carbons (Fsp3) is 0.636.